The van der Waals surface area contributed by atoms with Crippen molar-refractivity contribution in [3.63, 3.8) is 0 Å². The normalized spacial score (nSPS) is 18.8. The highest BCUT2D eigenvalue weighted by atomic mass is 35.5. The van der Waals surface area contributed by atoms with Crippen LogP contribution in [0, 0.1) is 10.1 Å². The van der Waals surface area contributed by atoms with E-state index in [9.17, 15) is 14.9 Å². The number of piperazine rings is 1. The molecule has 1 amide bonds. The van der Waals surface area contributed by atoms with Crippen molar-refractivity contribution in [2.24, 2.45) is 0 Å². The minimum absolute atomic E-state index is 0.0373. The minimum Gasteiger partial charge on any atom is -0.377 e. The molecule has 164 valence electrons. The van der Waals surface area contributed by atoms with E-state index in [1.54, 1.807) is 30.3 Å². The maximum atomic E-state index is 12.7. The minimum atomic E-state index is -0.372. The van der Waals surface area contributed by atoms with Gasteiger partial charge in [-0.05, 0) is 43.2 Å². The summed E-state index contributed by atoms with van der Waals surface area (Å²) in [7, 11) is 0. The molecule has 0 saturated carbocycles. The molecule has 2 aliphatic rings. The predicted molar refractivity (Wildman–Crippen MR) is 120 cm³/mol. The van der Waals surface area contributed by atoms with Crippen LogP contribution in [-0.2, 0) is 4.74 Å². The topological polar surface area (TPSA) is 88.0 Å². The summed E-state index contributed by atoms with van der Waals surface area (Å²) in [5, 5.41) is 15.2. The number of nitrogens with one attached hydrogen (secondary N) is 1. The van der Waals surface area contributed by atoms with E-state index in [1.165, 1.54) is 6.07 Å². The molecule has 2 aromatic carbocycles. The number of anilines is 2. The van der Waals surface area contributed by atoms with Gasteiger partial charge in [0.1, 0.15) is 5.69 Å². The number of carbonyl (C=O) groups is 1. The number of benzene rings is 2. The number of rotatable bonds is 6. The average molecular weight is 445 g/mol. The molecule has 31 heavy (non-hydrogen) atoms. The van der Waals surface area contributed by atoms with Crippen LogP contribution in [0.1, 0.15) is 23.2 Å². The van der Waals surface area contributed by atoms with E-state index < -0.39 is 0 Å². The zero-order chi connectivity index (χ0) is 21.8. The van der Waals surface area contributed by atoms with Crippen molar-refractivity contribution in [1.29, 1.82) is 0 Å². The quantitative estimate of drug-likeness (QED) is 0.538. The van der Waals surface area contributed by atoms with Gasteiger partial charge >= 0.3 is 0 Å². The highest BCUT2D eigenvalue weighted by Gasteiger charge is 2.24. The van der Waals surface area contributed by atoms with Crippen molar-refractivity contribution in [3.05, 3.63) is 63.2 Å². The number of nitro benzene ring substituents is 1. The summed E-state index contributed by atoms with van der Waals surface area (Å²) in [6.07, 6.45) is 2.07. The molecule has 0 spiro atoms. The van der Waals surface area contributed by atoms with Crippen molar-refractivity contribution in [1.82, 2.24) is 4.90 Å². The number of halogens is 1. The molecule has 8 nitrogen and oxygen atoms in total. The van der Waals surface area contributed by atoms with Crippen LogP contribution in [-0.4, -0.2) is 61.2 Å². The Morgan fingerprint density at radius 1 is 1.19 bits per heavy atom. The molecule has 2 heterocycles. The van der Waals surface area contributed by atoms with E-state index in [1.807, 2.05) is 11.0 Å². The van der Waals surface area contributed by atoms with E-state index in [0.717, 1.165) is 25.1 Å². The smallest absolute Gasteiger partial charge is 0.292 e. The van der Waals surface area contributed by atoms with Gasteiger partial charge in [0, 0.05) is 61.7 Å². The van der Waals surface area contributed by atoms with Gasteiger partial charge in [-0.3, -0.25) is 14.9 Å². The maximum Gasteiger partial charge on any atom is 0.292 e. The molecule has 2 aromatic rings. The second kappa shape index (κ2) is 9.53. The Balaban J connectivity index is 1.42. The summed E-state index contributed by atoms with van der Waals surface area (Å²) >= 11 is 6.01. The first kappa shape index (κ1) is 21.4. The summed E-state index contributed by atoms with van der Waals surface area (Å²) in [5.74, 6) is -0.0373. The fourth-order valence-corrected chi connectivity index (χ4v) is 4.21. The Hall–Kier alpha value is -2.84. The van der Waals surface area contributed by atoms with Gasteiger partial charge in [0.25, 0.3) is 11.6 Å². The highest BCUT2D eigenvalue weighted by Crippen LogP contribution is 2.31. The predicted octanol–water partition coefficient (Wildman–Crippen LogP) is 3.80. The lowest BCUT2D eigenvalue weighted by Crippen LogP contribution is -2.48. The lowest BCUT2D eigenvalue weighted by molar-refractivity contribution is -0.383. The monoisotopic (exact) mass is 444 g/mol. The van der Waals surface area contributed by atoms with Crippen molar-refractivity contribution in [3.8, 4) is 0 Å². The molecule has 0 bridgehead atoms. The fraction of sp³-hybridized carbons (Fsp3) is 0.409. The Morgan fingerprint density at radius 2 is 2.00 bits per heavy atom. The van der Waals surface area contributed by atoms with Crippen molar-refractivity contribution in [2.75, 3.05) is 49.5 Å². The van der Waals surface area contributed by atoms with E-state index >= 15 is 0 Å². The van der Waals surface area contributed by atoms with Crippen LogP contribution < -0.4 is 10.2 Å². The molecule has 0 aliphatic carbocycles. The molecule has 0 unspecified atom stereocenters. The first-order valence-electron chi connectivity index (χ1n) is 10.4. The van der Waals surface area contributed by atoms with Crippen LogP contribution in [0.15, 0.2) is 42.5 Å². The number of hydrogen-bond acceptors (Lipinski definition) is 6. The van der Waals surface area contributed by atoms with Gasteiger partial charge in [-0.15, -0.1) is 0 Å². The van der Waals surface area contributed by atoms with Gasteiger partial charge in [0.15, 0.2) is 0 Å². The van der Waals surface area contributed by atoms with Crippen molar-refractivity contribution < 1.29 is 14.5 Å². The van der Waals surface area contributed by atoms with Crippen LogP contribution >= 0.6 is 11.6 Å². The van der Waals surface area contributed by atoms with Crippen LogP contribution in [0.3, 0.4) is 0 Å². The summed E-state index contributed by atoms with van der Waals surface area (Å²) < 4.78 is 5.61. The Labute approximate surface area is 185 Å². The van der Waals surface area contributed by atoms with Gasteiger partial charge in [0.05, 0.1) is 11.0 Å². The Morgan fingerprint density at radius 3 is 2.68 bits per heavy atom. The SMILES string of the molecule is O=C(c1cccc(Cl)c1)N1CCN(c2ccc([N+](=O)[O-])c(NC[C@H]3CCCO3)c2)CC1. The summed E-state index contributed by atoms with van der Waals surface area (Å²) in [4.78, 5) is 27.8. The van der Waals surface area contributed by atoms with Gasteiger partial charge in [0.2, 0.25) is 0 Å². The molecule has 0 aromatic heterocycles. The molecule has 2 fully saturated rings. The second-order valence-electron chi connectivity index (χ2n) is 7.76. The van der Waals surface area contributed by atoms with Crippen LogP contribution in [0.2, 0.25) is 5.02 Å². The van der Waals surface area contributed by atoms with E-state index in [2.05, 4.69) is 10.2 Å². The number of ether oxygens (including phenoxy) is 1. The number of nitrogens with zero attached hydrogens (tertiary/aromatic N) is 3. The van der Waals surface area contributed by atoms with E-state index in [0.29, 0.717) is 49.0 Å². The Bertz CT molecular complexity index is 956. The third-order valence-electron chi connectivity index (χ3n) is 5.72. The maximum absolute atomic E-state index is 12.7. The number of hydrogen-bond donors (Lipinski definition) is 1. The van der Waals surface area contributed by atoms with Crippen molar-refractivity contribution >= 4 is 34.6 Å². The molecular formula is C22H25ClN4O4. The van der Waals surface area contributed by atoms with Gasteiger partial charge < -0.3 is 19.9 Å². The third kappa shape index (κ3) is 5.08. The molecule has 2 saturated heterocycles. The number of carbonyl (C=O) groups excluding carboxylic acids is 1. The standard InChI is InChI=1S/C22H25ClN4O4/c23-17-4-1-3-16(13-17)22(28)26-10-8-25(9-11-26)18-6-7-21(27(29)30)20(14-18)24-15-19-5-2-12-31-19/h1,3-4,6-7,13-14,19,24H,2,5,8-12,15H2/t19-/m1/s1. The number of amides is 1. The summed E-state index contributed by atoms with van der Waals surface area (Å²) in [5.41, 5.74) is 2.03. The molecule has 2 aliphatic heterocycles. The molecule has 9 heteroatoms. The lowest BCUT2D eigenvalue weighted by Gasteiger charge is -2.36. The fourth-order valence-electron chi connectivity index (χ4n) is 4.02. The first-order chi connectivity index (χ1) is 15.0. The summed E-state index contributed by atoms with van der Waals surface area (Å²) in [6, 6.07) is 12.1. The van der Waals surface area contributed by atoms with E-state index in [-0.39, 0.29) is 22.6 Å². The van der Waals surface area contributed by atoms with Gasteiger partial charge in [-0.25, -0.2) is 0 Å². The highest BCUT2D eigenvalue weighted by molar-refractivity contribution is 6.30. The van der Waals surface area contributed by atoms with Crippen LogP contribution in [0.5, 0.6) is 0 Å². The Kier molecular flexibility index (Phi) is 6.58. The zero-order valence-electron chi connectivity index (χ0n) is 17.1. The molecular weight excluding hydrogens is 420 g/mol. The zero-order valence-corrected chi connectivity index (χ0v) is 17.9. The van der Waals surface area contributed by atoms with Crippen molar-refractivity contribution in [2.45, 2.75) is 18.9 Å². The molecule has 4 rings (SSSR count). The largest absolute Gasteiger partial charge is 0.377 e. The number of nitro groups is 1. The average Bonchev–Trinajstić information content (AvgIpc) is 3.31. The van der Waals surface area contributed by atoms with Gasteiger partial charge in [-0.1, -0.05) is 17.7 Å². The third-order valence-corrected chi connectivity index (χ3v) is 5.96. The molecule has 0 radical (unpaired) electrons. The molecule has 1 N–H and O–H groups in total. The second-order valence-corrected chi connectivity index (χ2v) is 8.20. The molecule has 1 atom stereocenters. The lowest BCUT2D eigenvalue weighted by atomic mass is 10.1. The summed E-state index contributed by atoms with van der Waals surface area (Å²) in [6.45, 7) is 3.73. The van der Waals surface area contributed by atoms with Gasteiger partial charge in [-0.2, -0.15) is 0 Å². The van der Waals surface area contributed by atoms with Crippen LogP contribution in [0.25, 0.3) is 0 Å². The van der Waals surface area contributed by atoms with E-state index in [4.69, 9.17) is 16.3 Å². The van der Waals surface area contributed by atoms with Crippen LogP contribution in [0.4, 0.5) is 17.1 Å². The first-order valence-corrected chi connectivity index (χ1v) is 10.8.